The van der Waals surface area contributed by atoms with Gasteiger partial charge in [-0.2, -0.15) is 4.37 Å². The topological polar surface area (TPSA) is 149 Å². The number of amidine groups is 1. The maximum absolute atomic E-state index is 13.3. The van der Waals surface area contributed by atoms with Crippen LogP contribution in [0, 0.1) is 12.3 Å². The van der Waals surface area contributed by atoms with Crippen molar-refractivity contribution >= 4 is 68.1 Å². The molecule has 0 aromatic carbocycles. The van der Waals surface area contributed by atoms with Crippen LogP contribution in [-0.4, -0.2) is 53.5 Å². The average molecular weight is 548 g/mol. The maximum atomic E-state index is 13.3. The number of alkyl halides is 1. The molecule has 0 bridgehead atoms. The fraction of sp³-hybridized carbons (Fsp3) is 0.261. The van der Waals surface area contributed by atoms with Gasteiger partial charge in [0.05, 0.1) is 17.4 Å². The lowest BCUT2D eigenvalue weighted by atomic mass is 10.2. The van der Waals surface area contributed by atoms with Crippen LogP contribution in [0.1, 0.15) is 40.7 Å². The number of nitrogens with zero attached hydrogens (tertiary/aromatic N) is 4. The number of anilines is 2. The van der Waals surface area contributed by atoms with E-state index in [4.69, 9.17) is 33.7 Å². The highest BCUT2D eigenvalue weighted by atomic mass is 35.5. The third-order valence-corrected chi connectivity index (χ3v) is 6.78. The van der Waals surface area contributed by atoms with Gasteiger partial charge in [-0.05, 0) is 49.5 Å². The van der Waals surface area contributed by atoms with Crippen LogP contribution in [0.5, 0.6) is 5.88 Å². The summed E-state index contributed by atoms with van der Waals surface area (Å²) in [6, 6.07) is 4.83. The Hall–Kier alpha value is -3.25. The Morgan fingerprint density at radius 2 is 2.14 bits per heavy atom. The fourth-order valence-corrected chi connectivity index (χ4v) is 4.86. The van der Waals surface area contributed by atoms with Gasteiger partial charge in [0.25, 0.3) is 5.91 Å². The first-order chi connectivity index (χ1) is 17.2. The number of carbonyl (C=O) groups is 1. The summed E-state index contributed by atoms with van der Waals surface area (Å²) >= 11 is 13.3. The third kappa shape index (κ3) is 5.14. The highest BCUT2D eigenvalue weighted by molar-refractivity contribution is 7.11. The molecule has 0 saturated heterocycles. The number of aromatic hydroxyl groups is 1. The molecule has 36 heavy (non-hydrogen) atoms. The summed E-state index contributed by atoms with van der Waals surface area (Å²) in [5.74, 6) is -0.619. The number of hydrogen-bond donors (Lipinski definition) is 5. The molecular weight excluding hydrogens is 525 g/mol. The maximum Gasteiger partial charge on any atom is 0.280 e. The molecule has 4 heterocycles. The largest absolute Gasteiger partial charge is 0.492 e. The van der Waals surface area contributed by atoms with Crippen molar-refractivity contribution in [2.75, 3.05) is 11.9 Å². The van der Waals surface area contributed by atoms with E-state index in [2.05, 4.69) is 25.0 Å². The second-order valence-corrected chi connectivity index (χ2v) is 9.51. The van der Waals surface area contributed by atoms with E-state index in [1.807, 2.05) is 13.8 Å². The van der Waals surface area contributed by atoms with Crippen LogP contribution >= 0.6 is 34.7 Å². The van der Waals surface area contributed by atoms with Crippen LogP contribution < -0.4 is 10.6 Å². The Morgan fingerprint density at radius 3 is 2.86 bits per heavy atom. The normalized spacial score (nSPS) is 12.0. The van der Waals surface area contributed by atoms with Gasteiger partial charge in [-0.3, -0.25) is 14.8 Å². The van der Waals surface area contributed by atoms with Crippen molar-refractivity contribution in [2.45, 2.75) is 32.2 Å². The van der Waals surface area contributed by atoms with E-state index in [1.165, 1.54) is 10.8 Å². The summed E-state index contributed by atoms with van der Waals surface area (Å²) in [4.78, 5) is 21.8. The molecule has 0 aliphatic carbocycles. The number of fused-ring (bicyclic) bond motifs is 1. The number of aryl methyl sites for hydroxylation is 1. The summed E-state index contributed by atoms with van der Waals surface area (Å²) in [6.45, 7) is 3.61. The Labute approximate surface area is 220 Å². The van der Waals surface area contributed by atoms with E-state index in [0.717, 1.165) is 16.9 Å². The van der Waals surface area contributed by atoms with Crippen molar-refractivity contribution < 1.29 is 15.0 Å². The lowest BCUT2D eigenvalue weighted by Gasteiger charge is -2.16. The van der Waals surface area contributed by atoms with E-state index in [1.54, 1.807) is 24.4 Å². The number of halogens is 2. The molecule has 1 atom stereocenters. The summed E-state index contributed by atoms with van der Waals surface area (Å²) < 4.78 is 5.40. The number of aromatic nitrogens is 4. The van der Waals surface area contributed by atoms with Crippen molar-refractivity contribution in [2.24, 2.45) is 0 Å². The first kappa shape index (κ1) is 25.8. The molecule has 13 heteroatoms. The number of carbonyl (C=O) groups excluding carboxylic acids is 1. The van der Waals surface area contributed by atoms with Crippen molar-refractivity contribution in [3.05, 3.63) is 58.3 Å². The molecule has 0 saturated carbocycles. The number of aliphatic hydroxyl groups excluding tert-OH is 1. The first-order valence-electron chi connectivity index (χ1n) is 10.9. The van der Waals surface area contributed by atoms with Gasteiger partial charge in [0, 0.05) is 41.9 Å². The van der Waals surface area contributed by atoms with Crippen molar-refractivity contribution in [3.63, 3.8) is 0 Å². The predicted molar refractivity (Wildman–Crippen MR) is 141 cm³/mol. The number of nitrogens with one attached hydrogen (secondary N) is 3. The van der Waals surface area contributed by atoms with Gasteiger partial charge < -0.3 is 20.8 Å². The average Bonchev–Trinajstić information content (AvgIpc) is 3.42. The van der Waals surface area contributed by atoms with Crippen molar-refractivity contribution in [1.82, 2.24) is 24.2 Å². The smallest absolute Gasteiger partial charge is 0.280 e. The third-order valence-electron chi connectivity index (χ3n) is 5.54. The molecule has 0 spiro atoms. The lowest BCUT2D eigenvalue weighted by molar-refractivity contribution is 0.0960. The van der Waals surface area contributed by atoms with Gasteiger partial charge in [0.15, 0.2) is 0 Å². The molecule has 0 amide bonds. The Balaban J connectivity index is 1.62. The number of aliphatic hydroxyl groups is 1. The van der Waals surface area contributed by atoms with Crippen LogP contribution in [0.3, 0.4) is 0 Å². The van der Waals surface area contributed by atoms with Gasteiger partial charge >= 0.3 is 0 Å². The van der Waals surface area contributed by atoms with E-state index in [-0.39, 0.29) is 52.6 Å². The van der Waals surface area contributed by atoms with Crippen LogP contribution in [-0.2, 0) is 5.88 Å². The molecule has 10 nitrogen and oxygen atoms in total. The van der Waals surface area contributed by atoms with Gasteiger partial charge in [-0.25, -0.2) is 9.97 Å². The quantitative estimate of drug-likeness (QED) is 0.0941. The molecule has 188 valence electrons. The van der Waals surface area contributed by atoms with Gasteiger partial charge in [0.2, 0.25) is 5.88 Å². The minimum Gasteiger partial charge on any atom is -0.492 e. The highest BCUT2D eigenvalue weighted by Crippen LogP contribution is 2.34. The standard InChI is InChI=1S/C23H23Cl2N7O3S/c1-11(4-6-33)28-20(26)19-21(34)31-36-22(19)30-16-10-27-15(7-13(16)9-24)23(35)32-5-3-14-12(2)29-18(25)8-17(14)32/h3,5,7-8,10-11,30,33H,4,6,9H2,1-2H3,(H2,26,28)(H,31,34). The zero-order valence-electron chi connectivity index (χ0n) is 19.3. The minimum atomic E-state index is -0.357. The monoisotopic (exact) mass is 547 g/mol. The molecule has 0 radical (unpaired) electrons. The Kier molecular flexibility index (Phi) is 7.74. The van der Waals surface area contributed by atoms with Crippen LogP contribution in [0.2, 0.25) is 5.15 Å². The van der Waals surface area contributed by atoms with Gasteiger partial charge in [-0.15, -0.1) is 11.6 Å². The van der Waals surface area contributed by atoms with E-state index < -0.39 is 0 Å². The molecule has 4 rings (SSSR count). The second-order valence-electron chi connectivity index (χ2n) is 8.08. The summed E-state index contributed by atoms with van der Waals surface area (Å²) in [5, 5.41) is 35.2. The van der Waals surface area contributed by atoms with Crippen molar-refractivity contribution in [1.29, 1.82) is 5.41 Å². The molecule has 5 N–H and O–H groups in total. The fourth-order valence-electron chi connectivity index (χ4n) is 3.70. The molecule has 0 fully saturated rings. The number of rotatable bonds is 8. The zero-order valence-corrected chi connectivity index (χ0v) is 21.7. The molecular formula is C23H23Cl2N7O3S. The van der Waals surface area contributed by atoms with Gasteiger partial charge in [-0.1, -0.05) is 11.6 Å². The molecule has 1 unspecified atom stereocenters. The van der Waals surface area contributed by atoms with Crippen LogP contribution in [0.25, 0.3) is 10.9 Å². The van der Waals surface area contributed by atoms with Crippen molar-refractivity contribution in [3.8, 4) is 5.88 Å². The predicted octanol–water partition coefficient (Wildman–Crippen LogP) is 4.41. The Bertz CT molecular complexity index is 1450. The van der Waals surface area contributed by atoms with Crippen LogP contribution in [0.15, 0.2) is 30.6 Å². The second kappa shape index (κ2) is 10.8. The summed E-state index contributed by atoms with van der Waals surface area (Å²) in [5.41, 5.74) is 2.80. The summed E-state index contributed by atoms with van der Waals surface area (Å²) in [7, 11) is 0. The lowest BCUT2D eigenvalue weighted by Crippen LogP contribution is -2.33. The number of hydrogen-bond acceptors (Lipinski definition) is 9. The molecule has 4 aromatic rings. The molecule has 0 aliphatic heterocycles. The SMILES string of the molecule is Cc1nc(Cl)cc2c1ccn2C(=O)c1cc(CCl)c(Nc2snc(O)c2C(=N)NC(C)CCO)cn1. The van der Waals surface area contributed by atoms with Crippen LogP contribution in [0.4, 0.5) is 10.7 Å². The zero-order chi connectivity index (χ0) is 26.0. The van der Waals surface area contributed by atoms with Gasteiger partial charge in [0.1, 0.15) is 27.2 Å². The minimum absolute atomic E-state index is 0.0292. The van der Waals surface area contributed by atoms with E-state index in [9.17, 15) is 9.90 Å². The van der Waals surface area contributed by atoms with E-state index >= 15 is 0 Å². The first-order valence-corrected chi connectivity index (χ1v) is 12.6. The molecule has 0 aliphatic rings. The van der Waals surface area contributed by atoms with E-state index in [0.29, 0.717) is 33.9 Å². The number of pyridine rings is 2. The highest BCUT2D eigenvalue weighted by Gasteiger charge is 2.21. The molecule has 4 aromatic heterocycles. The summed E-state index contributed by atoms with van der Waals surface area (Å²) in [6.07, 6.45) is 3.57. The Morgan fingerprint density at radius 1 is 1.36 bits per heavy atom.